The van der Waals surface area contributed by atoms with Crippen LogP contribution in [0.5, 0.6) is 0 Å². The third kappa shape index (κ3) is 4.46. The fraction of sp³-hybridized carbons (Fsp3) is 0.308. The van der Waals surface area contributed by atoms with Crippen molar-refractivity contribution in [3.05, 3.63) is 76.3 Å². The van der Waals surface area contributed by atoms with Crippen LogP contribution in [0, 0.1) is 11.6 Å². The Morgan fingerprint density at radius 3 is 2.57 bits per heavy atom. The molecule has 0 aliphatic carbocycles. The molecule has 2 aromatic heterocycles. The van der Waals surface area contributed by atoms with Gasteiger partial charge < -0.3 is 16.0 Å². The van der Waals surface area contributed by atoms with Crippen LogP contribution in [-0.4, -0.2) is 44.6 Å². The molecule has 11 heteroatoms. The second kappa shape index (κ2) is 9.74. The first-order valence-corrected chi connectivity index (χ1v) is 12.1. The lowest BCUT2D eigenvalue weighted by Gasteiger charge is -2.28. The molecule has 0 bridgehead atoms. The molecule has 1 aliphatic rings. The molecule has 3 heterocycles. The van der Waals surface area contributed by atoms with E-state index in [4.69, 9.17) is 5.73 Å². The van der Waals surface area contributed by atoms with Gasteiger partial charge in [-0.2, -0.15) is 14.9 Å². The summed E-state index contributed by atoms with van der Waals surface area (Å²) in [6, 6.07) is 9.33. The number of carbonyl (C=O) groups excluding carboxylic acids is 1. The Bertz CT molecular complexity index is 1530. The number of rotatable bonds is 6. The molecule has 3 N–H and O–H groups in total. The Morgan fingerprint density at radius 1 is 1.11 bits per heavy atom. The van der Waals surface area contributed by atoms with Crippen LogP contribution in [0.1, 0.15) is 43.2 Å². The third-order valence-electron chi connectivity index (χ3n) is 6.57. The van der Waals surface area contributed by atoms with Gasteiger partial charge in [-0.05, 0) is 57.0 Å². The van der Waals surface area contributed by atoms with Crippen LogP contribution in [0.4, 0.5) is 20.2 Å². The number of anilines is 2. The molecule has 0 spiro atoms. The Kier molecular flexibility index (Phi) is 6.46. The molecular formula is C26H27F2N7O2. The number of para-hydroxylation sites is 1. The van der Waals surface area contributed by atoms with Gasteiger partial charge in [0.25, 0.3) is 11.5 Å². The van der Waals surface area contributed by atoms with Crippen molar-refractivity contribution in [3.8, 4) is 5.69 Å². The molecular weight excluding hydrogens is 480 g/mol. The topological polar surface area (TPSA) is 111 Å². The summed E-state index contributed by atoms with van der Waals surface area (Å²) in [4.78, 5) is 27.9. The molecule has 0 radical (unpaired) electrons. The number of nitrogens with zero attached hydrogens (tertiary/aromatic N) is 5. The van der Waals surface area contributed by atoms with E-state index in [1.165, 1.54) is 12.1 Å². The molecule has 0 saturated carbocycles. The van der Waals surface area contributed by atoms with E-state index in [9.17, 15) is 18.4 Å². The van der Waals surface area contributed by atoms with Gasteiger partial charge in [0.1, 0.15) is 11.4 Å². The molecule has 37 heavy (non-hydrogen) atoms. The zero-order chi connectivity index (χ0) is 26.3. The van der Waals surface area contributed by atoms with Gasteiger partial charge in [-0.3, -0.25) is 14.3 Å². The number of amides is 1. The molecule has 2 aromatic carbocycles. The minimum absolute atomic E-state index is 0.104. The molecule has 9 nitrogen and oxygen atoms in total. The second-order valence-corrected chi connectivity index (χ2v) is 9.32. The van der Waals surface area contributed by atoms with Crippen molar-refractivity contribution in [3.63, 3.8) is 0 Å². The number of nitrogens with two attached hydrogens (primary N) is 1. The van der Waals surface area contributed by atoms with Crippen molar-refractivity contribution in [2.24, 2.45) is 5.73 Å². The standard InChI is InChI=1S/C26H27F2N7O2/c1-15(2)34-14-17-20(31-34)8-9-21(24(17)33-12-4-5-16(33)13-29)30-26(37)22-10-11-23(36)35(32-22)25-18(27)6-3-7-19(25)28/h3,6-11,14-16H,4-5,12-13,29H2,1-2H3,(H,30,37)/t16-/m1/s1. The van der Waals surface area contributed by atoms with E-state index < -0.39 is 28.8 Å². The van der Waals surface area contributed by atoms with Gasteiger partial charge in [-0.15, -0.1) is 0 Å². The van der Waals surface area contributed by atoms with Crippen LogP contribution in [-0.2, 0) is 0 Å². The van der Waals surface area contributed by atoms with E-state index in [2.05, 4.69) is 20.4 Å². The number of hydrogen-bond donors (Lipinski definition) is 2. The van der Waals surface area contributed by atoms with E-state index in [0.717, 1.165) is 54.2 Å². The number of fused-ring (bicyclic) bond motifs is 1. The summed E-state index contributed by atoms with van der Waals surface area (Å²) < 4.78 is 31.1. The third-order valence-corrected chi connectivity index (χ3v) is 6.57. The Labute approximate surface area is 211 Å². The summed E-state index contributed by atoms with van der Waals surface area (Å²) in [5, 5.41) is 12.4. The quantitative estimate of drug-likeness (QED) is 0.412. The maximum atomic E-state index is 14.3. The first-order valence-electron chi connectivity index (χ1n) is 12.1. The van der Waals surface area contributed by atoms with Crippen molar-refractivity contribution in [2.45, 2.75) is 38.8 Å². The molecule has 1 fully saturated rings. The maximum absolute atomic E-state index is 14.3. The highest BCUT2D eigenvalue weighted by Gasteiger charge is 2.29. The van der Waals surface area contributed by atoms with Crippen LogP contribution in [0.2, 0.25) is 0 Å². The SMILES string of the molecule is CC(C)n1cc2c(N3CCC[C@@H]3CN)c(NC(=O)c3ccc(=O)n(-c4c(F)cccc4F)n3)ccc2n1. The highest BCUT2D eigenvalue weighted by Crippen LogP contribution is 2.39. The minimum Gasteiger partial charge on any atom is -0.365 e. The molecule has 1 saturated heterocycles. The van der Waals surface area contributed by atoms with Crippen molar-refractivity contribution >= 4 is 28.2 Å². The van der Waals surface area contributed by atoms with E-state index >= 15 is 0 Å². The molecule has 1 amide bonds. The lowest BCUT2D eigenvalue weighted by molar-refractivity contribution is 0.102. The van der Waals surface area contributed by atoms with Crippen LogP contribution in [0.25, 0.3) is 16.6 Å². The summed E-state index contributed by atoms with van der Waals surface area (Å²) in [7, 11) is 0. The largest absolute Gasteiger partial charge is 0.365 e. The van der Waals surface area contributed by atoms with Crippen molar-refractivity contribution < 1.29 is 13.6 Å². The average Bonchev–Trinajstić information content (AvgIpc) is 3.52. The van der Waals surface area contributed by atoms with E-state index in [1.54, 1.807) is 6.07 Å². The smallest absolute Gasteiger partial charge is 0.276 e. The first kappa shape index (κ1) is 24.6. The van der Waals surface area contributed by atoms with Gasteiger partial charge in [-0.1, -0.05) is 6.07 Å². The maximum Gasteiger partial charge on any atom is 0.276 e. The number of benzene rings is 2. The normalized spacial score (nSPS) is 15.6. The lowest BCUT2D eigenvalue weighted by Crippen LogP contribution is -2.36. The number of nitrogens with one attached hydrogen (secondary N) is 1. The number of hydrogen-bond acceptors (Lipinski definition) is 6. The highest BCUT2D eigenvalue weighted by molar-refractivity contribution is 6.08. The predicted octanol–water partition coefficient (Wildman–Crippen LogP) is 3.62. The van der Waals surface area contributed by atoms with Crippen LogP contribution < -0.4 is 21.5 Å². The fourth-order valence-corrected chi connectivity index (χ4v) is 4.72. The Morgan fingerprint density at radius 2 is 1.86 bits per heavy atom. The Balaban J connectivity index is 1.57. The van der Waals surface area contributed by atoms with Gasteiger partial charge in [0, 0.05) is 42.8 Å². The van der Waals surface area contributed by atoms with Crippen LogP contribution in [0.3, 0.4) is 0 Å². The van der Waals surface area contributed by atoms with Crippen molar-refractivity contribution in [1.29, 1.82) is 0 Å². The van der Waals surface area contributed by atoms with Gasteiger partial charge in [0.2, 0.25) is 0 Å². The predicted molar refractivity (Wildman–Crippen MR) is 137 cm³/mol. The van der Waals surface area contributed by atoms with E-state index in [-0.39, 0.29) is 17.8 Å². The minimum atomic E-state index is -0.969. The average molecular weight is 508 g/mol. The summed E-state index contributed by atoms with van der Waals surface area (Å²) in [6.45, 7) is 5.30. The molecule has 5 rings (SSSR count). The fourth-order valence-electron chi connectivity index (χ4n) is 4.72. The highest BCUT2D eigenvalue weighted by atomic mass is 19.1. The van der Waals surface area contributed by atoms with Crippen molar-refractivity contribution in [1.82, 2.24) is 19.6 Å². The number of aromatic nitrogens is 4. The zero-order valence-corrected chi connectivity index (χ0v) is 20.5. The molecule has 1 atom stereocenters. The first-order chi connectivity index (χ1) is 17.8. The van der Waals surface area contributed by atoms with Crippen molar-refractivity contribution in [2.75, 3.05) is 23.3 Å². The summed E-state index contributed by atoms with van der Waals surface area (Å²) in [5.74, 6) is -2.57. The molecule has 0 unspecified atom stereocenters. The molecule has 1 aliphatic heterocycles. The van der Waals surface area contributed by atoms with Gasteiger partial charge in [-0.25, -0.2) is 8.78 Å². The molecule has 4 aromatic rings. The Hall–Kier alpha value is -4.12. The zero-order valence-electron chi connectivity index (χ0n) is 20.5. The van der Waals surface area contributed by atoms with Crippen LogP contribution in [0.15, 0.2) is 53.5 Å². The van der Waals surface area contributed by atoms with Gasteiger partial charge >= 0.3 is 0 Å². The lowest BCUT2D eigenvalue weighted by atomic mass is 10.1. The molecule has 192 valence electrons. The van der Waals surface area contributed by atoms with Gasteiger partial charge in [0.15, 0.2) is 11.6 Å². The second-order valence-electron chi connectivity index (χ2n) is 9.32. The number of halogens is 2. The van der Waals surface area contributed by atoms with Gasteiger partial charge in [0.05, 0.1) is 16.9 Å². The summed E-state index contributed by atoms with van der Waals surface area (Å²) in [5.41, 5.74) is 6.58. The summed E-state index contributed by atoms with van der Waals surface area (Å²) >= 11 is 0. The van der Waals surface area contributed by atoms with E-state index in [0.29, 0.717) is 16.9 Å². The van der Waals surface area contributed by atoms with Crippen LogP contribution >= 0.6 is 0 Å². The van der Waals surface area contributed by atoms with E-state index in [1.807, 2.05) is 30.8 Å². The summed E-state index contributed by atoms with van der Waals surface area (Å²) in [6.07, 6.45) is 3.85. The monoisotopic (exact) mass is 507 g/mol. The number of carbonyl (C=O) groups is 1.